The van der Waals surface area contributed by atoms with Gasteiger partial charge in [0.25, 0.3) is 0 Å². The second kappa shape index (κ2) is 6.64. The lowest BCUT2D eigenvalue weighted by Crippen LogP contribution is -2.05. The average Bonchev–Trinajstić information content (AvgIpc) is 2.24. The highest BCUT2D eigenvalue weighted by molar-refractivity contribution is 7.99. The van der Waals surface area contributed by atoms with Crippen LogP contribution in [0.3, 0.4) is 0 Å². The van der Waals surface area contributed by atoms with Crippen molar-refractivity contribution in [3.8, 4) is 0 Å². The van der Waals surface area contributed by atoms with Gasteiger partial charge in [0.15, 0.2) is 0 Å². The molecule has 96 valence electrons. The summed E-state index contributed by atoms with van der Waals surface area (Å²) in [7, 11) is -2.87. The van der Waals surface area contributed by atoms with Crippen LogP contribution >= 0.6 is 23.4 Å². The Morgan fingerprint density at radius 3 is 2.65 bits per heavy atom. The van der Waals surface area contributed by atoms with Crippen LogP contribution in [0.4, 0.5) is 0 Å². The molecular formula is C11H16ClNO2S2. The van der Waals surface area contributed by atoms with Gasteiger partial charge in [0.05, 0.1) is 5.75 Å². The Morgan fingerprint density at radius 2 is 2.12 bits per heavy atom. The van der Waals surface area contributed by atoms with Crippen molar-refractivity contribution in [1.29, 1.82) is 0 Å². The molecule has 2 N–H and O–H groups in total. The van der Waals surface area contributed by atoms with E-state index in [0.29, 0.717) is 17.3 Å². The molecule has 0 radical (unpaired) electrons. The normalized spacial score (nSPS) is 11.7. The standard InChI is InChI=1S/C11H16ClNO2S2/c1-17(14,15)5-4-16-8-10-3-2-9(7-13)6-11(10)12/h2-3,6H,4-5,7-8,13H2,1H3. The zero-order chi connectivity index (χ0) is 12.9. The molecule has 0 aliphatic rings. The van der Waals surface area contributed by atoms with Crippen LogP contribution in [-0.4, -0.2) is 26.2 Å². The van der Waals surface area contributed by atoms with E-state index in [4.69, 9.17) is 17.3 Å². The second-order valence-corrected chi connectivity index (χ2v) is 7.58. The summed E-state index contributed by atoms with van der Waals surface area (Å²) in [6, 6.07) is 5.74. The minimum atomic E-state index is -2.87. The number of nitrogens with two attached hydrogens (primary N) is 1. The first kappa shape index (κ1) is 14.8. The van der Waals surface area contributed by atoms with Crippen molar-refractivity contribution in [3.63, 3.8) is 0 Å². The van der Waals surface area contributed by atoms with Crippen LogP contribution in [0, 0.1) is 0 Å². The minimum absolute atomic E-state index is 0.205. The van der Waals surface area contributed by atoms with Crippen molar-refractivity contribution in [2.75, 3.05) is 17.8 Å². The van der Waals surface area contributed by atoms with E-state index in [-0.39, 0.29) is 5.75 Å². The average molecular weight is 294 g/mol. The highest BCUT2D eigenvalue weighted by Crippen LogP contribution is 2.22. The van der Waals surface area contributed by atoms with Crippen LogP contribution in [0.25, 0.3) is 0 Å². The number of hydrogen-bond acceptors (Lipinski definition) is 4. The summed E-state index contributed by atoms with van der Waals surface area (Å²) in [5.74, 6) is 1.52. The van der Waals surface area contributed by atoms with Gasteiger partial charge in [-0.2, -0.15) is 11.8 Å². The fraction of sp³-hybridized carbons (Fsp3) is 0.455. The van der Waals surface area contributed by atoms with E-state index in [2.05, 4.69) is 0 Å². The zero-order valence-corrected chi connectivity index (χ0v) is 12.0. The Labute approximate surface area is 112 Å². The number of benzene rings is 1. The summed E-state index contributed by atoms with van der Waals surface area (Å²) in [6.07, 6.45) is 1.25. The van der Waals surface area contributed by atoms with Crippen molar-refractivity contribution in [1.82, 2.24) is 0 Å². The van der Waals surface area contributed by atoms with Gasteiger partial charge in [-0.3, -0.25) is 0 Å². The van der Waals surface area contributed by atoms with Crippen LogP contribution in [0.2, 0.25) is 5.02 Å². The Morgan fingerprint density at radius 1 is 1.41 bits per heavy atom. The molecule has 0 spiro atoms. The number of rotatable bonds is 6. The summed E-state index contributed by atoms with van der Waals surface area (Å²) in [4.78, 5) is 0. The van der Waals surface area contributed by atoms with Gasteiger partial charge in [-0.1, -0.05) is 23.7 Å². The molecule has 0 bridgehead atoms. The monoisotopic (exact) mass is 293 g/mol. The van der Waals surface area contributed by atoms with Crippen molar-refractivity contribution in [2.24, 2.45) is 5.73 Å². The summed E-state index contributed by atoms with van der Waals surface area (Å²) >= 11 is 7.66. The van der Waals surface area contributed by atoms with Gasteiger partial charge in [0.1, 0.15) is 9.84 Å². The Balaban J connectivity index is 2.47. The number of thioether (sulfide) groups is 1. The van der Waals surface area contributed by atoms with Gasteiger partial charge in [0, 0.05) is 29.3 Å². The van der Waals surface area contributed by atoms with Gasteiger partial charge in [0.2, 0.25) is 0 Å². The molecule has 6 heteroatoms. The van der Waals surface area contributed by atoms with E-state index in [1.807, 2.05) is 18.2 Å². The Kier molecular flexibility index (Phi) is 5.79. The second-order valence-electron chi connectivity index (χ2n) is 3.81. The van der Waals surface area contributed by atoms with E-state index in [1.54, 1.807) is 11.8 Å². The van der Waals surface area contributed by atoms with Crippen LogP contribution in [0.15, 0.2) is 18.2 Å². The molecule has 1 aromatic rings. The number of sulfone groups is 1. The molecule has 1 aromatic carbocycles. The van der Waals surface area contributed by atoms with Gasteiger partial charge in [-0.25, -0.2) is 8.42 Å². The minimum Gasteiger partial charge on any atom is -0.326 e. The summed E-state index contributed by atoms with van der Waals surface area (Å²) in [5, 5.41) is 0.694. The SMILES string of the molecule is CS(=O)(=O)CCSCc1ccc(CN)cc1Cl. The topological polar surface area (TPSA) is 60.2 Å². The molecule has 0 amide bonds. The molecule has 0 saturated carbocycles. The molecule has 0 heterocycles. The van der Waals surface area contributed by atoms with Crippen molar-refractivity contribution in [2.45, 2.75) is 12.3 Å². The lowest BCUT2D eigenvalue weighted by molar-refractivity contribution is 0.603. The van der Waals surface area contributed by atoms with Crippen LogP contribution < -0.4 is 5.73 Å². The molecule has 0 unspecified atom stereocenters. The maximum Gasteiger partial charge on any atom is 0.148 e. The molecular weight excluding hydrogens is 278 g/mol. The van der Waals surface area contributed by atoms with Gasteiger partial charge < -0.3 is 5.73 Å². The van der Waals surface area contributed by atoms with E-state index >= 15 is 0 Å². The first-order valence-electron chi connectivity index (χ1n) is 5.15. The van der Waals surface area contributed by atoms with E-state index in [1.165, 1.54) is 6.26 Å². The quantitative estimate of drug-likeness (QED) is 0.816. The number of halogens is 1. The van der Waals surface area contributed by atoms with Gasteiger partial charge in [-0.15, -0.1) is 0 Å². The smallest absolute Gasteiger partial charge is 0.148 e. The molecule has 0 aliphatic heterocycles. The Bertz CT molecular complexity index is 474. The fourth-order valence-electron chi connectivity index (χ4n) is 1.23. The van der Waals surface area contributed by atoms with Crippen molar-refractivity contribution in [3.05, 3.63) is 34.3 Å². The first-order valence-corrected chi connectivity index (χ1v) is 8.74. The molecule has 3 nitrogen and oxygen atoms in total. The van der Waals surface area contributed by atoms with E-state index < -0.39 is 9.84 Å². The molecule has 0 fully saturated rings. The van der Waals surface area contributed by atoms with Crippen LogP contribution in [-0.2, 0) is 22.1 Å². The van der Waals surface area contributed by atoms with Crippen molar-refractivity contribution >= 4 is 33.2 Å². The third kappa shape index (κ3) is 5.77. The third-order valence-corrected chi connectivity index (χ3v) is 4.77. The lowest BCUT2D eigenvalue weighted by Gasteiger charge is -2.06. The largest absolute Gasteiger partial charge is 0.326 e. The van der Waals surface area contributed by atoms with Gasteiger partial charge >= 0.3 is 0 Å². The molecule has 0 saturated heterocycles. The zero-order valence-electron chi connectivity index (χ0n) is 9.65. The molecule has 0 atom stereocenters. The highest BCUT2D eigenvalue weighted by Gasteiger charge is 2.04. The summed E-state index contributed by atoms with van der Waals surface area (Å²) in [6.45, 7) is 0.473. The van der Waals surface area contributed by atoms with Crippen LogP contribution in [0.5, 0.6) is 0 Å². The highest BCUT2D eigenvalue weighted by atomic mass is 35.5. The molecule has 0 aliphatic carbocycles. The summed E-state index contributed by atoms with van der Waals surface area (Å²) < 4.78 is 21.9. The lowest BCUT2D eigenvalue weighted by atomic mass is 10.1. The van der Waals surface area contributed by atoms with E-state index in [0.717, 1.165) is 16.9 Å². The van der Waals surface area contributed by atoms with Crippen molar-refractivity contribution < 1.29 is 8.42 Å². The first-order chi connectivity index (χ1) is 7.92. The maximum absolute atomic E-state index is 10.9. The van der Waals surface area contributed by atoms with E-state index in [9.17, 15) is 8.42 Å². The molecule has 1 rings (SSSR count). The van der Waals surface area contributed by atoms with Gasteiger partial charge in [-0.05, 0) is 17.2 Å². The third-order valence-electron chi connectivity index (χ3n) is 2.21. The summed E-state index contributed by atoms with van der Waals surface area (Å²) in [5.41, 5.74) is 7.52. The maximum atomic E-state index is 10.9. The predicted molar refractivity (Wildman–Crippen MR) is 75.2 cm³/mol. The Hall–Kier alpha value is -0.230. The van der Waals surface area contributed by atoms with Crippen LogP contribution in [0.1, 0.15) is 11.1 Å². The predicted octanol–water partition coefficient (Wildman–Crippen LogP) is 2.08. The molecule has 17 heavy (non-hydrogen) atoms. The fourth-order valence-corrected chi connectivity index (χ4v) is 3.87. The number of hydrogen-bond donors (Lipinski definition) is 1. The molecule has 0 aromatic heterocycles.